The van der Waals surface area contributed by atoms with E-state index in [9.17, 15) is 14.0 Å². The van der Waals surface area contributed by atoms with E-state index in [1.165, 1.54) is 23.3 Å². The Morgan fingerprint density at radius 2 is 1.65 bits per heavy atom. The quantitative estimate of drug-likeness (QED) is 0.619. The van der Waals surface area contributed by atoms with Gasteiger partial charge in [0, 0.05) is 11.8 Å². The number of rotatable bonds is 2. The second kappa shape index (κ2) is 4.88. The molecule has 4 rings (SSSR count). The van der Waals surface area contributed by atoms with Gasteiger partial charge >= 0.3 is 0 Å². The van der Waals surface area contributed by atoms with Gasteiger partial charge in [-0.05, 0) is 25.5 Å². The highest BCUT2D eigenvalue weighted by Crippen LogP contribution is 2.57. The molecule has 2 amide bonds. The van der Waals surface area contributed by atoms with Crippen molar-refractivity contribution < 1.29 is 14.0 Å². The molecule has 3 aliphatic rings. The number of amides is 2. The topological polar surface area (TPSA) is 37.4 Å². The zero-order valence-electron chi connectivity index (χ0n) is 13.1. The van der Waals surface area contributed by atoms with Crippen molar-refractivity contribution in [1.29, 1.82) is 0 Å². The van der Waals surface area contributed by atoms with Crippen LogP contribution in [-0.4, -0.2) is 11.8 Å². The first kappa shape index (κ1) is 14.4. The molecule has 2 fully saturated rings. The van der Waals surface area contributed by atoms with Crippen molar-refractivity contribution >= 4 is 17.5 Å². The highest BCUT2D eigenvalue weighted by molar-refractivity contribution is 6.23. The number of benzene rings is 1. The highest BCUT2D eigenvalue weighted by Gasteiger charge is 2.62. The van der Waals surface area contributed by atoms with E-state index in [1.54, 1.807) is 12.1 Å². The monoisotopic (exact) mass is 311 g/mol. The molecule has 0 unspecified atom stereocenters. The first-order chi connectivity index (χ1) is 11.1. The summed E-state index contributed by atoms with van der Waals surface area (Å²) < 4.78 is 14.1. The van der Waals surface area contributed by atoms with Crippen LogP contribution in [0.15, 0.2) is 47.6 Å². The van der Waals surface area contributed by atoms with Crippen LogP contribution in [0.25, 0.3) is 0 Å². The predicted octanol–water partition coefficient (Wildman–Crippen LogP) is 3.47. The van der Waals surface area contributed by atoms with Crippen LogP contribution in [-0.2, 0) is 9.59 Å². The van der Waals surface area contributed by atoms with Gasteiger partial charge in [0.15, 0.2) is 0 Å². The fraction of sp³-hybridized carbons (Fsp3) is 0.368. The zero-order valence-corrected chi connectivity index (χ0v) is 13.1. The van der Waals surface area contributed by atoms with Crippen molar-refractivity contribution in [1.82, 2.24) is 0 Å². The molecule has 0 spiro atoms. The molecule has 23 heavy (non-hydrogen) atoms. The van der Waals surface area contributed by atoms with Crippen molar-refractivity contribution in [3.8, 4) is 0 Å². The van der Waals surface area contributed by atoms with Gasteiger partial charge in [0.05, 0.1) is 17.5 Å². The first-order valence-electron chi connectivity index (χ1n) is 8.06. The highest BCUT2D eigenvalue weighted by atomic mass is 19.1. The Hall–Kier alpha value is -2.23. The lowest BCUT2D eigenvalue weighted by molar-refractivity contribution is -0.123. The Labute approximate surface area is 134 Å². The maximum atomic E-state index is 14.1. The number of anilines is 1. The Morgan fingerprint density at radius 3 is 2.17 bits per heavy atom. The third-order valence-corrected chi connectivity index (χ3v) is 5.53. The average molecular weight is 311 g/mol. The van der Waals surface area contributed by atoms with E-state index in [0.717, 1.165) is 11.3 Å². The van der Waals surface area contributed by atoms with Crippen LogP contribution in [0.1, 0.15) is 20.3 Å². The summed E-state index contributed by atoms with van der Waals surface area (Å²) in [5.41, 5.74) is 2.57. The number of fused-ring (bicyclic) bond motifs is 5. The number of nitrogens with zero attached hydrogens (tertiary/aromatic N) is 1. The molecule has 1 aromatic carbocycles. The normalized spacial score (nSPS) is 31.3. The number of hydrogen-bond donors (Lipinski definition) is 0. The van der Waals surface area contributed by atoms with Crippen LogP contribution >= 0.6 is 0 Å². The largest absolute Gasteiger partial charge is 0.274 e. The van der Waals surface area contributed by atoms with E-state index in [-0.39, 0.29) is 41.2 Å². The van der Waals surface area contributed by atoms with E-state index in [4.69, 9.17) is 0 Å². The van der Waals surface area contributed by atoms with Gasteiger partial charge in [-0.15, -0.1) is 0 Å². The SMILES string of the molecule is CCC(C)=C1[C@H]2C=C[C@H]1[C@H]1C(=O)N(c3ccccc3F)C(=O)[C@@H]12. The van der Waals surface area contributed by atoms with E-state index in [1.807, 2.05) is 0 Å². The van der Waals surface area contributed by atoms with Crippen LogP contribution < -0.4 is 4.90 Å². The molecule has 1 aromatic rings. The smallest absolute Gasteiger partial charge is 0.238 e. The summed E-state index contributed by atoms with van der Waals surface area (Å²) in [7, 11) is 0. The van der Waals surface area contributed by atoms with E-state index >= 15 is 0 Å². The fourth-order valence-corrected chi connectivity index (χ4v) is 4.41. The van der Waals surface area contributed by atoms with Gasteiger partial charge in [0.1, 0.15) is 5.82 Å². The molecule has 1 aliphatic heterocycles. The Balaban J connectivity index is 1.78. The van der Waals surface area contributed by atoms with Gasteiger partial charge in [-0.1, -0.05) is 42.4 Å². The minimum absolute atomic E-state index is 0.00169. The molecule has 4 heteroatoms. The third-order valence-electron chi connectivity index (χ3n) is 5.53. The van der Waals surface area contributed by atoms with Crippen LogP contribution in [0.4, 0.5) is 10.1 Å². The standard InChI is InChI=1S/C19H18FNO2/c1-3-10(2)15-11-8-9-12(15)17-16(11)18(22)21(19(17)23)14-7-5-4-6-13(14)20/h4-9,11-12,16-17H,3H2,1-2H3/t11-,12-,16-,17-/m1/s1. The molecule has 1 saturated heterocycles. The van der Waals surface area contributed by atoms with Crippen LogP contribution in [0.2, 0.25) is 0 Å². The van der Waals surface area contributed by atoms with E-state index in [0.29, 0.717) is 0 Å². The van der Waals surface area contributed by atoms with Crippen molar-refractivity contribution in [2.24, 2.45) is 23.7 Å². The molecular formula is C19H18FNO2. The van der Waals surface area contributed by atoms with Crippen LogP contribution in [0.5, 0.6) is 0 Å². The number of carbonyl (C=O) groups excluding carboxylic acids is 2. The maximum Gasteiger partial charge on any atom is 0.238 e. The summed E-state index contributed by atoms with van der Waals surface area (Å²) in [5, 5.41) is 0. The molecule has 2 bridgehead atoms. The van der Waals surface area contributed by atoms with Gasteiger partial charge in [-0.2, -0.15) is 0 Å². The van der Waals surface area contributed by atoms with Crippen LogP contribution in [0.3, 0.4) is 0 Å². The molecule has 0 N–H and O–H groups in total. The lowest BCUT2D eigenvalue weighted by Crippen LogP contribution is -2.34. The zero-order chi connectivity index (χ0) is 16.3. The molecule has 3 nitrogen and oxygen atoms in total. The van der Waals surface area contributed by atoms with E-state index in [2.05, 4.69) is 26.0 Å². The van der Waals surface area contributed by atoms with Crippen molar-refractivity contribution in [2.45, 2.75) is 20.3 Å². The number of halogens is 1. The van der Waals surface area contributed by atoms with E-state index < -0.39 is 5.82 Å². The van der Waals surface area contributed by atoms with Gasteiger partial charge in [-0.25, -0.2) is 9.29 Å². The minimum atomic E-state index is -0.532. The Bertz CT molecular complexity index is 745. The van der Waals surface area contributed by atoms with Crippen molar-refractivity contribution in [3.63, 3.8) is 0 Å². The molecular weight excluding hydrogens is 293 g/mol. The average Bonchev–Trinajstić information content (AvgIpc) is 3.18. The van der Waals surface area contributed by atoms with Crippen LogP contribution in [0, 0.1) is 29.5 Å². The number of hydrogen-bond acceptors (Lipinski definition) is 2. The summed E-state index contributed by atoms with van der Waals surface area (Å²) >= 11 is 0. The third kappa shape index (κ3) is 1.75. The second-order valence-corrected chi connectivity index (χ2v) is 6.54. The fourth-order valence-electron chi connectivity index (χ4n) is 4.41. The molecule has 2 aliphatic carbocycles. The molecule has 1 heterocycles. The molecule has 118 valence electrons. The molecule has 0 radical (unpaired) electrons. The summed E-state index contributed by atoms with van der Waals surface area (Å²) in [4.78, 5) is 26.8. The Kier molecular flexibility index (Phi) is 3.05. The number of imide groups is 1. The maximum absolute atomic E-state index is 14.1. The van der Waals surface area contributed by atoms with Gasteiger partial charge < -0.3 is 0 Å². The lowest BCUT2D eigenvalue weighted by Gasteiger charge is -2.20. The van der Waals surface area contributed by atoms with Crippen molar-refractivity contribution in [3.05, 3.63) is 53.4 Å². The Morgan fingerprint density at radius 1 is 1.09 bits per heavy atom. The number of carbonyl (C=O) groups is 2. The van der Waals surface area contributed by atoms with Gasteiger partial charge in [-0.3, -0.25) is 9.59 Å². The minimum Gasteiger partial charge on any atom is -0.274 e. The van der Waals surface area contributed by atoms with Gasteiger partial charge in [0.2, 0.25) is 11.8 Å². The first-order valence-corrected chi connectivity index (χ1v) is 8.06. The molecule has 1 saturated carbocycles. The summed E-state index contributed by atoms with van der Waals surface area (Å²) in [6.45, 7) is 4.16. The summed E-state index contributed by atoms with van der Waals surface area (Å²) in [6.07, 6.45) is 5.02. The number of allylic oxidation sites excluding steroid dienone is 4. The van der Waals surface area contributed by atoms with Crippen molar-refractivity contribution in [2.75, 3.05) is 4.90 Å². The summed E-state index contributed by atoms with van der Waals surface area (Å²) in [6, 6.07) is 5.98. The van der Waals surface area contributed by atoms with Gasteiger partial charge in [0.25, 0.3) is 0 Å². The predicted molar refractivity (Wildman–Crippen MR) is 85.0 cm³/mol. The molecule has 0 aromatic heterocycles. The summed E-state index contributed by atoms with van der Waals surface area (Å²) in [5.74, 6) is -1.79. The second-order valence-electron chi connectivity index (χ2n) is 6.54. The lowest BCUT2D eigenvalue weighted by atomic mass is 9.85. The number of para-hydroxylation sites is 1. The molecule has 4 atom stereocenters.